The summed E-state index contributed by atoms with van der Waals surface area (Å²) in [4.78, 5) is 2.54. The van der Waals surface area contributed by atoms with Gasteiger partial charge in [-0.3, -0.25) is 0 Å². The number of aryl methyl sites for hydroxylation is 1. The third-order valence-electron chi connectivity index (χ3n) is 4.06. The van der Waals surface area contributed by atoms with E-state index in [0.717, 1.165) is 13.0 Å². The fourth-order valence-corrected chi connectivity index (χ4v) is 2.66. The van der Waals surface area contributed by atoms with Crippen LogP contribution in [0, 0.1) is 0 Å². The van der Waals surface area contributed by atoms with Crippen LogP contribution in [-0.2, 0) is 6.42 Å². The Balaban J connectivity index is 2.55. The third-order valence-corrected chi connectivity index (χ3v) is 4.06. The highest BCUT2D eigenvalue weighted by Crippen LogP contribution is 2.15. The minimum absolute atomic E-state index is 0.134. The Labute approximate surface area is 131 Å². The van der Waals surface area contributed by atoms with Gasteiger partial charge in [0.05, 0.1) is 0 Å². The molecule has 1 rings (SSSR count). The van der Waals surface area contributed by atoms with Crippen molar-refractivity contribution in [2.75, 3.05) is 19.6 Å². The smallest absolute Gasteiger partial charge is 0.0424 e. The Hall–Kier alpha value is -0.860. The van der Waals surface area contributed by atoms with E-state index in [-0.39, 0.29) is 6.04 Å². The van der Waals surface area contributed by atoms with Crippen LogP contribution in [0.2, 0.25) is 0 Å². The van der Waals surface area contributed by atoms with Gasteiger partial charge in [-0.15, -0.1) is 0 Å². The minimum Gasteiger partial charge on any atom is -0.323 e. The molecule has 0 aliphatic heterocycles. The molecule has 0 aromatic heterocycles. The van der Waals surface area contributed by atoms with Crippen molar-refractivity contribution in [2.24, 2.45) is 5.73 Å². The normalized spacial score (nSPS) is 12.8. The number of unbranched alkanes of at least 4 members (excludes halogenated alkanes) is 2. The first-order chi connectivity index (χ1) is 10.2. The second-order valence-electron chi connectivity index (χ2n) is 6.11. The molecule has 0 aliphatic carbocycles. The van der Waals surface area contributed by atoms with E-state index in [9.17, 15) is 0 Å². The molecule has 0 bridgehead atoms. The lowest BCUT2D eigenvalue weighted by Crippen LogP contribution is -2.33. The number of nitrogens with zero attached hydrogens (tertiary/aromatic N) is 1. The second kappa shape index (κ2) is 10.8. The van der Waals surface area contributed by atoms with Gasteiger partial charge in [-0.05, 0) is 43.5 Å². The quantitative estimate of drug-likeness (QED) is 0.648. The van der Waals surface area contributed by atoms with Crippen LogP contribution in [0.3, 0.4) is 0 Å². The molecule has 0 saturated heterocycles. The maximum absolute atomic E-state index is 6.42. The zero-order valence-corrected chi connectivity index (χ0v) is 14.3. The van der Waals surface area contributed by atoms with E-state index in [2.05, 4.69) is 49.9 Å². The number of hydrogen-bond acceptors (Lipinski definition) is 2. The summed E-state index contributed by atoms with van der Waals surface area (Å²) in [5.41, 5.74) is 9.11. The topological polar surface area (TPSA) is 29.3 Å². The zero-order chi connectivity index (χ0) is 15.5. The van der Waals surface area contributed by atoms with Crippen LogP contribution in [0.25, 0.3) is 0 Å². The van der Waals surface area contributed by atoms with E-state index in [1.54, 1.807) is 0 Å². The van der Waals surface area contributed by atoms with Gasteiger partial charge in [0.1, 0.15) is 0 Å². The molecule has 0 spiro atoms. The van der Waals surface area contributed by atoms with Crippen molar-refractivity contribution >= 4 is 0 Å². The summed E-state index contributed by atoms with van der Waals surface area (Å²) in [7, 11) is 0. The van der Waals surface area contributed by atoms with Crippen molar-refractivity contribution in [3.05, 3.63) is 35.4 Å². The van der Waals surface area contributed by atoms with Crippen molar-refractivity contribution in [3.63, 3.8) is 0 Å². The molecule has 0 radical (unpaired) electrons. The van der Waals surface area contributed by atoms with Gasteiger partial charge >= 0.3 is 0 Å². The van der Waals surface area contributed by atoms with Crippen molar-refractivity contribution < 1.29 is 0 Å². The van der Waals surface area contributed by atoms with Gasteiger partial charge in [-0.1, -0.05) is 64.3 Å². The summed E-state index contributed by atoms with van der Waals surface area (Å²) >= 11 is 0. The fraction of sp³-hybridized carbons (Fsp3) is 0.684. The van der Waals surface area contributed by atoms with Crippen LogP contribution in [0.1, 0.15) is 70.0 Å². The Morgan fingerprint density at radius 3 is 1.95 bits per heavy atom. The summed E-state index contributed by atoms with van der Waals surface area (Å²) in [5.74, 6) is 0. The Morgan fingerprint density at radius 2 is 1.48 bits per heavy atom. The molecule has 0 saturated carbocycles. The van der Waals surface area contributed by atoms with E-state index in [1.807, 2.05) is 0 Å². The van der Waals surface area contributed by atoms with Crippen molar-refractivity contribution in [3.8, 4) is 0 Å². The molecule has 0 heterocycles. The number of benzene rings is 1. The van der Waals surface area contributed by atoms with Crippen LogP contribution < -0.4 is 5.73 Å². The standard InChI is InChI=1S/C19H34N2/c1-4-7-14-21(15-8-5-2)16-19(20)18-12-10-17(9-6-3)11-13-18/h10-13,19H,4-9,14-16,20H2,1-3H3. The average molecular weight is 290 g/mol. The molecule has 1 aromatic carbocycles. The van der Waals surface area contributed by atoms with Crippen LogP contribution in [0.15, 0.2) is 24.3 Å². The molecule has 0 amide bonds. The number of nitrogens with two attached hydrogens (primary N) is 1. The fourth-order valence-electron chi connectivity index (χ4n) is 2.66. The Bertz CT molecular complexity index is 350. The van der Waals surface area contributed by atoms with Gasteiger partial charge in [-0.25, -0.2) is 0 Å². The van der Waals surface area contributed by atoms with Crippen LogP contribution >= 0.6 is 0 Å². The molecule has 1 atom stereocenters. The molecule has 1 aromatic rings. The molecular formula is C19H34N2. The van der Waals surface area contributed by atoms with Gasteiger partial charge in [0.2, 0.25) is 0 Å². The van der Waals surface area contributed by atoms with Crippen LogP contribution in [0.4, 0.5) is 0 Å². The summed E-state index contributed by atoms with van der Waals surface area (Å²) in [6.07, 6.45) is 7.41. The predicted octanol–water partition coefficient (Wildman–Crippen LogP) is 4.54. The van der Waals surface area contributed by atoms with Gasteiger partial charge in [0.25, 0.3) is 0 Å². The molecule has 120 valence electrons. The number of hydrogen-bond donors (Lipinski definition) is 1. The minimum atomic E-state index is 0.134. The maximum atomic E-state index is 6.42. The van der Waals surface area contributed by atoms with E-state index in [0.29, 0.717) is 0 Å². The molecule has 1 unspecified atom stereocenters. The van der Waals surface area contributed by atoms with Crippen LogP contribution in [0.5, 0.6) is 0 Å². The highest BCUT2D eigenvalue weighted by Gasteiger charge is 2.11. The van der Waals surface area contributed by atoms with E-state index < -0.39 is 0 Å². The van der Waals surface area contributed by atoms with Gasteiger partial charge < -0.3 is 10.6 Å². The summed E-state index contributed by atoms with van der Waals surface area (Å²) in [5, 5.41) is 0. The van der Waals surface area contributed by atoms with Crippen molar-refractivity contribution in [1.29, 1.82) is 0 Å². The maximum Gasteiger partial charge on any atom is 0.0424 e. The summed E-state index contributed by atoms with van der Waals surface area (Å²) < 4.78 is 0. The monoisotopic (exact) mass is 290 g/mol. The summed E-state index contributed by atoms with van der Waals surface area (Å²) in [6.45, 7) is 10.1. The predicted molar refractivity (Wildman–Crippen MR) is 93.6 cm³/mol. The summed E-state index contributed by atoms with van der Waals surface area (Å²) in [6, 6.07) is 9.04. The first kappa shape index (κ1) is 18.2. The van der Waals surface area contributed by atoms with Gasteiger partial charge in [0.15, 0.2) is 0 Å². The highest BCUT2D eigenvalue weighted by atomic mass is 15.1. The third kappa shape index (κ3) is 7.10. The first-order valence-corrected chi connectivity index (χ1v) is 8.78. The van der Waals surface area contributed by atoms with E-state index >= 15 is 0 Å². The second-order valence-corrected chi connectivity index (χ2v) is 6.11. The van der Waals surface area contributed by atoms with E-state index in [4.69, 9.17) is 5.73 Å². The molecule has 0 aliphatic rings. The molecule has 0 fully saturated rings. The number of rotatable bonds is 11. The molecular weight excluding hydrogens is 256 g/mol. The lowest BCUT2D eigenvalue weighted by molar-refractivity contribution is 0.250. The zero-order valence-electron chi connectivity index (χ0n) is 14.3. The SMILES string of the molecule is CCCCN(CCCC)CC(N)c1ccc(CCC)cc1. The highest BCUT2D eigenvalue weighted by molar-refractivity contribution is 5.25. The first-order valence-electron chi connectivity index (χ1n) is 8.78. The van der Waals surface area contributed by atoms with E-state index in [1.165, 1.54) is 56.3 Å². The molecule has 2 heteroatoms. The van der Waals surface area contributed by atoms with Gasteiger partial charge in [0, 0.05) is 12.6 Å². The Morgan fingerprint density at radius 1 is 0.905 bits per heavy atom. The largest absolute Gasteiger partial charge is 0.323 e. The lowest BCUT2D eigenvalue weighted by Gasteiger charge is -2.25. The van der Waals surface area contributed by atoms with Crippen molar-refractivity contribution in [2.45, 2.75) is 65.3 Å². The molecule has 2 N–H and O–H groups in total. The lowest BCUT2D eigenvalue weighted by atomic mass is 10.0. The van der Waals surface area contributed by atoms with Crippen LogP contribution in [-0.4, -0.2) is 24.5 Å². The molecule has 2 nitrogen and oxygen atoms in total. The molecule has 21 heavy (non-hydrogen) atoms. The Kier molecular flexibility index (Phi) is 9.36. The van der Waals surface area contributed by atoms with Gasteiger partial charge in [-0.2, -0.15) is 0 Å². The van der Waals surface area contributed by atoms with Crippen molar-refractivity contribution in [1.82, 2.24) is 4.90 Å². The average Bonchev–Trinajstić information content (AvgIpc) is 2.51.